The van der Waals surface area contributed by atoms with Crippen molar-refractivity contribution in [2.24, 2.45) is 0 Å². The SMILES string of the molecule is CCCc1nc(N(Cc2cccs2)C2CC2)sc1C=O. The van der Waals surface area contributed by atoms with Crippen LogP contribution in [0.4, 0.5) is 5.13 Å². The van der Waals surface area contributed by atoms with Gasteiger partial charge in [-0.05, 0) is 30.7 Å². The van der Waals surface area contributed by atoms with Crippen LogP contribution in [0, 0.1) is 0 Å². The average Bonchev–Trinajstić information content (AvgIpc) is 3.00. The topological polar surface area (TPSA) is 33.2 Å². The van der Waals surface area contributed by atoms with Gasteiger partial charge in [0, 0.05) is 10.9 Å². The summed E-state index contributed by atoms with van der Waals surface area (Å²) in [5.74, 6) is 0. The number of carbonyl (C=O) groups is 1. The summed E-state index contributed by atoms with van der Waals surface area (Å²) >= 11 is 3.33. The fourth-order valence-electron chi connectivity index (χ4n) is 2.29. The van der Waals surface area contributed by atoms with E-state index in [4.69, 9.17) is 4.98 Å². The Hall–Kier alpha value is -1.20. The lowest BCUT2D eigenvalue weighted by molar-refractivity contribution is 0.112. The summed E-state index contributed by atoms with van der Waals surface area (Å²) in [6, 6.07) is 4.87. The molecule has 1 aliphatic rings. The van der Waals surface area contributed by atoms with Crippen molar-refractivity contribution in [2.75, 3.05) is 4.90 Å². The van der Waals surface area contributed by atoms with Crippen LogP contribution in [-0.4, -0.2) is 17.3 Å². The number of thiophene rings is 1. The van der Waals surface area contributed by atoms with Crippen LogP contribution in [0.1, 0.15) is 46.4 Å². The smallest absolute Gasteiger partial charge is 0.186 e. The monoisotopic (exact) mass is 306 g/mol. The standard InChI is InChI=1S/C15H18N2OS2/c1-2-4-13-14(10-18)20-15(16-13)17(11-6-7-11)9-12-5-3-8-19-12/h3,5,8,10-11H,2,4,6-7,9H2,1H3. The first-order valence-corrected chi connectivity index (χ1v) is 8.75. The summed E-state index contributed by atoms with van der Waals surface area (Å²) in [4.78, 5) is 20.5. The third-order valence-electron chi connectivity index (χ3n) is 3.45. The molecule has 1 aliphatic carbocycles. The summed E-state index contributed by atoms with van der Waals surface area (Å²) in [6.45, 7) is 3.04. The number of aromatic nitrogens is 1. The van der Waals surface area contributed by atoms with Gasteiger partial charge in [-0.3, -0.25) is 4.79 Å². The van der Waals surface area contributed by atoms with Crippen molar-refractivity contribution < 1.29 is 4.79 Å². The summed E-state index contributed by atoms with van der Waals surface area (Å²) in [5.41, 5.74) is 0.972. The molecule has 1 saturated carbocycles. The van der Waals surface area contributed by atoms with E-state index >= 15 is 0 Å². The molecular weight excluding hydrogens is 288 g/mol. The van der Waals surface area contributed by atoms with E-state index < -0.39 is 0 Å². The van der Waals surface area contributed by atoms with Crippen LogP contribution in [0.25, 0.3) is 0 Å². The zero-order valence-corrected chi connectivity index (χ0v) is 13.2. The fraction of sp³-hybridized carbons (Fsp3) is 0.467. The lowest BCUT2D eigenvalue weighted by atomic mass is 10.2. The first kappa shape index (κ1) is 13.8. The molecule has 0 radical (unpaired) electrons. The second-order valence-corrected chi connectivity index (χ2v) is 7.16. The summed E-state index contributed by atoms with van der Waals surface area (Å²) in [6.07, 6.45) is 5.36. The highest BCUT2D eigenvalue weighted by atomic mass is 32.1. The van der Waals surface area contributed by atoms with Crippen LogP contribution in [0.3, 0.4) is 0 Å². The molecular formula is C15H18N2OS2. The average molecular weight is 306 g/mol. The van der Waals surface area contributed by atoms with E-state index in [9.17, 15) is 4.79 Å². The van der Waals surface area contributed by atoms with Crippen LogP contribution >= 0.6 is 22.7 Å². The van der Waals surface area contributed by atoms with E-state index in [1.54, 1.807) is 22.7 Å². The minimum absolute atomic E-state index is 0.609. The van der Waals surface area contributed by atoms with E-state index in [-0.39, 0.29) is 0 Å². The van der Waals surface area contributed by atoms with Crippen LogP contribution < -0.4 is 4.90 Å². The van der Waals surface area contributed by atoms with Gasteiger partial charge in [-0.1, -0.05) is 30.7 Å². The maximum absolute atomic E-state index is 11.2. The maximum atomic E-state index is 11.2. The van der Waals surface area contributed by atoms with Gasteiger partial charge in [-0.15, -0.1) is 11.3 Å². The van der Waals surface area contributed by atoms with Crippen molar-refractivity contribution in [1.82, 2.24) is 4.98 Å². The quantitative estimate of drug-likeness (QED) is 0.721. The Morgan fingerprint density at radius 3 is 2.95 bits per heavy atom. The Morgan fingerprint density at radius 2 is 2.35 bits per heavy atom. The zero-order valence-electron chi connectivity index (χ0n) is 11.5. The highest BCUT2D eigenvalue weighted by Crippen LogP contribution is 2.36. The van der Waals surface area contributed by atoms with E-state index in [1.807, 2.05) is 0 Å². The molecule has 1 fully saturated rings. The summed E-state index contributed by atoms with van der Waals surface area (Å²) in [7, 11) is 0. The molecule has 0 saturated heterocycles. The molecule has 0 atom stereocenters. The van der Waals surface area contributed by atoms with E-state index in [1.165, 1.54) is 17.7 Å². The van der Waals surface area contributed by atoms with Crippen molar-refractivity contribution in [3.05, 3.63) is 33.0 Å². The molecule has 0 unspecified atom stereocenters. The second kappa shape index (κ2) is 6.06. The molecule has 3 nitrogen and oxygen atoms in total. The molecule has 0 N–H and O–H groups in total. The molecule has 2 heterocycles. The van der Waals surface area contributed by atoms with Gasteiger partial charge in [0.15, 0.2) is 11.4 Å². The Morgan fingerprint density at radius 1 is 1.50 bits per heavy atom. The Kier molecular flexibility index (Phi) is 4.17. The molecule has 0 aliphatic heterocycles. The van der Waals surface area contributed by atoms with Gasteiger partial charge in [-0.25, -0.2) is 4.98 Å². The molecule has 3 rings (SSSR count). The minimum atomic E-state index is 0.609. The normalized spacial score (nSPS) is 14.4. The number of aryl methyl sites for hydroxylation is 1. The number of aldehydes is 1. The van der Waals surface area contributed by atoms with Crippen molar-refractivity contribution in [1.29, 1.82) is 0 Å². The maximum Gasteiger partial charge on any atom is 0.186 e. The van der Waals surface area contributed by atoms with Gasteiger partial charge in [0.2, 0.25) is 0 Å². The number of nitrogens with zero attached hydrogens (tertiary/aromatic N) is 2. The van der Waals surface area contributed by atoms with Crippen LogP contribution in [-0.2, 0) is 13.0 Å². The number of anilines is 1. The van der Waals surface area contributed by atoms with Crippen molar-refractivity contribution >= 4 is 34.1 Å². The summed E-state index contributed by atoms with van der Waals surface area (Å²) < 4.78 is 0. The molecule has 0 bridgehead atoms. The zero-order chi connectivity index (χ0) is 13.9. The van der Waals surface area contributed by atoms with Crippen molar-refractivity contribution in [3.8, 4) is 0 Å². The van der Waals surface area contributed by atoms with Crippen LogP contribution in [0.2, 0.25) is 0 Å². The highest BCUT2D eigenvalue weighted by molar-refractivity contribution is 7.17. The van der Waals surface area contributed by atoms with Gasteiger partial charge < -0.3 is 4.90 Å². The molecule has 0 amide bonds. The molecule has 2 aromatic rings. The molecule has 0 spiro atoms. The highest BCUT2D eigenvalue weighted by Gasteiger charge is 2.31. The Balaban J connectivity index is 1.85. The van der Waals surface area contributed by atoms with Crippen LogP contribution in [0.15, 0.2) is 17.5 Å². The van der Waals surface area contributed by atoms with Gasteiger partial charge in [0.25, 0.3) is 0 Å². The molecule has 5 heteroatoms. The molecule has 0 aromatic carbocycles. The number of rotatable bonds is 7. The first-order valence-electron chi connectivity index (χ1n) is 7.05. The fourth-order valence-corrected chi connectivity index (χ4v) is 3.99. The van der Waals surface area contributed by atoms with E-state index in [0.717, 1.165) is 41.4 Å². The van der Waals surface area contributed by atoms with E-state index in [2.05, 4.69) is 29.3 Å². The minimum Gasteiger partial charge on any atom is -0.340 e. The van der Waals surface area contributed by atoms with Gasteiger partial charge in [-0.2, -0.15) is 0 Å². The Bertz CT molecular complexity index is 573. The largest absolute Gasteiger partial charge is 0.340 e. The van der Waals surface area contributed by atoms with Gasteiger partial charge >= 0.3 is 0 Å². The van der Waals surface area contributed by atoms with Gasteiger partial charge in [0.1, 0.15) is 0 Å². The third kappa shape index (κ3) is 2.94. The third-order valence-corrected chi connectivity index (χ3v) is 5.37. The second-order valence-electron chi connectivity index (χ2n) is 5.11. The lowest BCUT2D eigenvalue weighted by Crippen LogP contribution is -2.24. The van der Waals surface area contributed by atoms with Gasteiger partial charge in [0.05, 0.1) is 17.1 Å². The molecule has 20 heavy (non-hydrogen) atoms. The van der Waals surface area contributed by atoms with Crippen molar-refractivity contribution in [2.45, 2.75) is 45.2 Å². The molecule has 2 aromatic heterocycles. The summed E-state index contributed by atoms with van der Waals surface area (Å²) in [5, 5.41) is 3.13. The van der Waals surface area contributed by atoms with Crippen LogP contribution in [0.5, 0.6) is 0 Å². The number of hydrogen-bond donors (Lipinski definition) is 0. The number of thiazole rings is 1. The lowest BCUT2D eigenvalue weighted by Gasteiger charge is -2.20. The Labute approximate surface area is 127 Å². The predicted molar refractivity (Wildman–Crippen MR) is 85.0 cm³/mol. The predicted octanol–water partition coefficient (Wildman–Crippen LogP) is 4.14. The van der Waals surface area contributed by atoms with E-state index in [0.29, 0.717) is 6.04 Å². The molecule has 106 valence electrons. The number of carbonyl (C=O) groups excluding carboxylic acids is 1. The van der Waals surface area contributed by atoms with Crippen molar-refractivity contribution in [3.63, 3.8) is 0 Å². The number of hydrogen-bond acceptors (Lipinski definition) is 5. The first-order chi connectivity index (χ1) is 9.81.